The van der Waals surface area contributed by atoms with Gasteiger partial charge in [0.05, 0.1) is 31.0 Å². The molecule has 0 aliphatic carbocycles. The van der Waals surface area contributed by atoms with E-state index in [1.165, 1.54) is 16.9 Å². The first-order chi connectivity index (χ1) is 16.2. The summed E-state index contributed by atoms with van der Waals surface area (Å²) in [6.07, 6.45) is 5.07. The molecule has 7 heteroatoms. The summed E-state index contributed by atoms with van der Waals surface area (Å²) in [4.78, 5) is 9.53. The van der Waals surface area contributed by atoms with Crippen LogP contribution in [0, 0.1) is 6.92 Å². The van der Waals surface area contributed by atoms with Gasteiger partial charge in [-0.2, -0.15) is 0 Å². The van der Waals surface area contributed by atoms with Crippen LogP contribution in [0.5, 0.6) is 0 Å². The van der Waals surface area contributed by atoms with Crippen molar-refractivity contribution in [3.8, 4) is 5.69 Å². The lowest BCUT2D eigenvalue weighted by Crippen LogP contribution is -2.39. The topological polar surface area (TPSA) is 45.6 Å². The predicted octanol–water partition coefficient (Wildman–Crippen LogP) is 3.88. The van der Waals surface area contributed by atoms with Gasteiger partial charge in [0.25, 0.3) is 0 Å². The smallest absolute Gasteiger partial charge is 0.170 e. The second-order valence-electron chi connectivity index (χ2n) is 8.72. The molecule has 0 bridgehead atoms. The van der Waals surface area contributed by atoms with E-state index in [9.17, 15) is 0 Å². The number of para-hydroxylation sites is 1. The van der Waals surface area contributed by atoms with Crippen molar-refractivity contribution < 1.29 is 4.74 Å². The van der Waals surface area contributed by atoms with Crippen LogP contribution in [0.2, 0.25) is 0 Å². The highest BCUT2D eigenvalue weighted by Gasteiger charge is 2.41. The van der Waals surface area contributed by atoms with Crippen LogP contribution in [0.4, 0.5) is 0 Å². The second kappa shape index (κ2) is 10.0. The Morgan fingerprint density at radius 3 is 2.64 bits per heavy atom. The van der Waals surface area contributed by atoms with Crippen LogP contribution < -0.4 is 5.32 Å². The van der Waals surface area contributed by atoms with Crippen LogP contribution in [0.3, 0.4) is 0 Å². The molecule has 0 spiro atoms. The van der Waals surface area contributed by atoms with E-state index in [4.69, 9.17) is 17.0 Å². The van der Waals surface area contributed by atoms with Gasteiger partial charge < -0.3 is 19.5 Å². The number of rotatable bonds is 7. The lowest BCUT2D eigenvalue weighted by atomic mass is 10.0. The Bertz CT molecular complexity index is 1080. The molecule has 1 N–H and O–H groups in total. The van der Waals surface area contributed by atoms with Crippen molar-refractivity contribution in [3.63, 3.8) is 0 Å². The summed E-state index contributed by atoms with van der Waals surface area (Å²) in [7, 11) is 0. The maximum Gasteiger partial charge on any atom is 0.170 e. The number of thiocarbonyl (C=S) groups is 1. The minimum absolute atomic E-state index is 0.000227. The van der Waals surface area contributed by atoms with Crippen molar-refractivity contribution >= 4 is 17.3 Å². The van der Waals surface area contributed by atoms with Gasteiger partial charge in [-0.05, 0) is 61.5 Å². The fourth-order valence-corrected chi connectivity index (χ4v) is 5.28. The third-order valence-corrected chi connectivity index (χ3v) is 6.99. The van der Waals surface area contributed by atoms with E-state index in [-0.39, 0.29) is 12.1 Å². The van der Waals surface area contributed by atoms with Crippen LogP contribution >= 0.6 is 12.2 Å². The fraction of sp³-hybridized carbons (Fsp3) is 0.385. The lowest BCUT2D eigenvalue weighted by molar-refractivity contribution is 0.0365. The zero-order valence-electron chi connectivity index (χ0n) is 19.1. The Hall–Kier alpha value is -2.74. The molecule has 2 saturated heterocycles. The van der Waals surface area contributed by atoms with E-state index in [0.29, 0.717) is 0 Å². The van der Waals surface area contributed by atoms with Crippen molar-refractivity contribution in [2.45, 2.75) is 25.4 Å². The molecule has 33 heavy (non-hydrogen) atoms. The van der Waals surface area contributed by atoms with Gasteiger partial charge in [-0.1, -0.05) is 24.3 Å². The average molecular weight is 462 g/mol. The Morgan fingerprint density at radius 1 is 1.03 bits per heavy atom. The monoisotopic (exact) mass is 461 g/mol. The number of morpholine rings is 1. The van der Waals surface area contributed by atoms with Crippen LogP contribution in [-0.4, -0.2) is 63.9 Å². The molecule has 2 aliphatic rings. The van der Waals surface area contributed by atoms with E-state index in [0.717, 1.165) is 56.6 Å². The van der Waals surface area contributed by atoms with Gasteiger partial charge in [0.15, 0.2) is 5.11 Å². The molecule has 0 radical (unpaired) electrons. The molecule has 0 saturated carbocycles. The molecule has 2 fully saturated rings. The van der Waals surface area contributed by atoms with Gasteiger partial charge in [-0.15, -0.1) is 0 Å². The molecule has 0 unspecified atom stereocenters. The maximum absolute atomic E-state index is 5.87. The van der Waals surface area contributed by atoms with Crippen LogP contribution in [-0.2, 0) is 4.74 Å². The number of hydrogen-bond acceptors (Lipinski definition) is 4. The molecule has 2 atom stereocenters. The highest BCUT2D eigenvalue weighted by Crippen LogP contribution is 2.39. The van der Waals surface area contributed by atoms with Gasteiger partial charge in [0, 0.05) is 50.0 Å². The van der Waals surface area contributed by atoms with Crippen molar-refractivity contribution in [3.05, 3.63) is 83.9 Å². The van der Waals surface area contributed by atoms with E-state index in [1.807, 2.05) is 18.3 Å². The fourth-order valence-electron chi connectivity index (χ4n) is 4.95. The number of benzene rings is 1. The first-order valence-corrected chi connectivity index (χ1v) is 12.1. The van der Waals surface area contributed by atoms with Crippen molar-refractivity contribution in [2.75, 3.05) is 39.4 Å². The number of aryl methyl sites for hydroxylation is 1. The minimum Gasteiger partial charge on any atom is -0.379 e. The standard InChI is InChI=1S/C26H31N5OS/c1-20-8-2-3-10-22(20)30-14-6-11-23(30)25-24(21-9-4-5-12-27-21)28-26(33)31(25)15-7-13-29-16-18-32-19-17-29/h2-6,8-12,14,24-25H,7,13,15-19H2,1H3,(H,28,33)/t24-,25+/m0/s1. The van der Waals surface area contributed by atoms with Gasteiger partial charge in [-0.3, -0.25) is 9.88 Å². The quantitative estimate of drug-likeness (QED) is 0.539. The van der Waals surface area contributed by atoms with E-state index >= 15 is 0 Å². The summed E-state index contributed by atoms with van der Waals surface area (Å²) >= 11 is 5.87. The summed E-state index contributed by atoms with van der Waals surface area (Å²) in [5, 5.41) is 4.39. The Morgan fingerprint density at radius 2 is 1.85 bits per heavy atom. The number of hydrogen-bond donors (Lipinski definition) is 1. The van der Waals surface area contributed by atoms with Gasteiger partial charge in [-0.25, -0.2) is 0 Å². The lowest BCUT2D eigenvalue weighted by Gasteiger charge is -2.31. The molecule has 0 amide bonds. The molecule has 2 aromatic heterocycles. The number of aromatic nitrogens is 2. The van der Waals surface area contributed by atoms with Crippen molar-refractivity contribution in [1.29, 1.82) is 0 Å². The van der Waals surface area contributed by atoms with Crippen LogP contribution in [0.15, 0.2) is 67.0 Å². The SMILES string of the molecule is Cc1ccccc1-n1cccc1[C@@H]1[C@H](c2ccccn2)NC(=S)N1CCCN1CCOCC1. The van der Waals surface area contributed by atoms with Gasteiger partial charge >= 0.3 is 0 Å². The number of nitrogens with one attached hydrogen (secondary N) is 1. The third-order valence-electron chi connectivity index (χ3n) is 6.63. The normalized spacial score (nSPS) is 21.4. The Labute approximate surface area is 201 Å². The highest BCUT2D eigenvalue weighted by molar-refractivity contribution is 7.80. The molecule has 1 aromatic carbocycles. The van der Waals surface area contributed by atoms with Crippen LogP contribution in [0.1, 0.15) is 35.5 Å². The Balaban J connectivity index is 1.45. The maximum atomic E-state index is 5.87. The average Bonchev–Trinajstić information content (AvgIpc) is 3.45. The molecular formula is C26H31N5OS. The number of nitrogens with zero attached hydrogens (tertiary/aromatic N) is 4. The summed E-state index contributed by atoms with van der Waals surface area (Å²) in [6.45, 7) is 7.80. The number of pyridine rings is 1. The largest absolute Gasteiger partial charge is 0.379 e. The molecule has 4 heterocycles. The molecule has 6 nitrogen and oxygen atoms in total. The second-order valence-corrected chi connectivity index (χ2v) is 9.10. The molecule has 172 valence electrons. The van der Waals surface area contributed by atoms with E-state index in [2.05, 4.69) is 80.3 Å². The van der Waals surface area contributed by atoms with E-state index < -0.39 is 0 Å². The summed E-state index contributed by atoms with van der Waals surface area (Å²) < 4.78 is 7.80. The zero-order valence-corrected chi connectivity index (χ0v) is 19.9. The van der Waals surface area contributed by atoms with Crippen molar-refractivity contribution in [2.24, 2.45) is 0 Å². The third kappa shape index (κ3) is 4.67. The highest BCUT2D eigenvalue weighted by atomic mass is 32.1. The first kappa shape index (κ1) is 22.1. The molecular weight excluding hydrogens is 430 g/mol. The minimum atomic E-state index is -0.000227. The number of ether oxygens (including phenoxy) is 1. The summed E-state index contributed by atoms with van der Waals surface area (Å²) in [5.74, 6) is 0. The van der Waals surface area contributed by atoms with Crippen molar-refractivity contribution in [1.82, 2.24) is 24.7 Å². The first-order valence-electron chi connectivity index (χ1n) is 11.7. The molecule has 5 rings (SSSR count). The van der Waals surface area contributed by atoms with Gasteiger partial charge in [0.1, 0.15) is 0 Å². The predicted molar refractivity (Wildman–Crippen MR) is 135 cm³/mol. The summed E-state index contributed by atoms with van der Waals surface area (Å²) in [6, 6.07) is 19.0. The molecule has 3 aromatic rings. The van der Waals surface area contributed by atoms with Gasteiger partial charge in [0.2, 0.25) is 0 Å². The van der Waals surface area contributed by atoms with E-state index in [1.54, 1.807) is 0 Å². The Kier molecular flexibility index (Phi) is 6.71. The molecule has 2 aliphatic heterocycles. The summed E-state index contributed by atoms with van der Waals surface area (Å²) in [5.41, 5.74) is 4.68. The van der Waals surface area contributed by atoms with Crippen LogP contribution in [0.25, 0.3) is 5.69 Å². The zero-order chi connectivity index (χ0) is 22.6.